The molecule has 1 unspecified atom stereocenters. The van der Waals surface area contributed by atoms with Crippen molar-refractivity contribution in [1.82, 2.24) is 5.32 Å². The van der Waals surface area contributed by atoms with E-state index in [9.17, 15) is 5.11 Å². The van der Waals surface area contributed by atoms with E-state index >= 15 is 0 Å². The zero-order chi connectivity index (χ0) is 18.9. The molecule has 4 heteroatoms. The average molecular weight is 359 g/mol. The second-order valence-corrected chi connectivity index (χ2v) is 6.57. The summed E-state index contributed by atoms with van der Waals surface area (Å²) in [6.45, 7) is 0. The van der Waals surface area contributed by atoms with Gasteiger partial charge < -0.3 is 15.8 Å². The van der Waals surface area contributed by atoms with E-state index < -0.39 is 0 Å². The maximum absolute atomic E-state index is 10.1. The zero-order valence-corrected chi connectivity index (χ0v) is 15.3. The van der Waals surface area contributed by atoms with Crippen LogP contribution in [0.25, 0.3) is 0 Å². The monoisotopic (exact) mass is 359 g/mol. The second-order valence-electron chi connectivity index (χ2n) is 6.57. The van der Waals surface area contributed by atoms with Gasteiger partial charge in [-0.2, -0.15) is 0 Å². The van der Waals surface area contributed by atoms with Gasteiger partial charge in [-0.25, -0.2) is 0 Å². The highest BCUT2D eigenvalue weighted by molar-refractivity contribution is 5.87. The lowest BCUT2D eigenvalue weighted by molar-refractivity contribution is 0.422. The van der Waals surface area contributed by atoms with Gasteiger partial charge in [0.1, 0.15) is 11.6 Å². The Morgan fingerprint density at radius 1 is 1.15 bits per heavy atom. The summed E-state index contributed by atoms with van der Waals surface area (Å²) in [5.74, 6) is 1.14. The molecule has 3 rings (SSSR count). The molecule has 0 amide bonds. The van der Waals surface area contributed by atoms with Crippen molar-refractivity contribution in [2.24, 2.45) is 4.99 Å². The van der Waals surface area contributed by atoms with E-state index in [1.807, 2.05) is 54.8 Å². The molecule has 0 bridgehead atoms. The van der Waals surface area contributed by atoms with Gasteiger partial charge in [0, 0.05) is 31.2 Å². The Bertz CT molecular complexity index is 826. The molecule has 1 aliphatic carbocycles. The number of hydrogen-bond acceptors (Lipinski definition) is 3. The predicted molar refractivity (Wildman–Crippen MR) is 112 cm³/mol. The van der Waals surface area contributed by atoms with Crippen molar-refractivity contribution in [2.75, 3.05) is 0 Å². The van der Waals surface area contributed by atoms with Gasteiger partial charge in [0.15, 0.2) is 0 Å². The first-order valence-corrected chi connectivity index (χ1v) is 9.23. The van der Waals surface area contributed by atoms with Crippen LogP contribution in [0.1, 0.15) is 37.3 Å². The Morgan fingerprint density at radius 3 is 2.85 bits per heavy atom. The van der Waals surface area contributed by atoms with Gasteiger partial charge in [0.2, 0.25) is 0 Å². The summed E-state index contributed by atoms with van der Waals surface area (Å²) in [4.78, 5) is 4.89. The van der Waals surface area contributed by atoms with Crippen LogP contribution >= 0.6 is 0 Å². The quantitative estimate of drug-likeness (QED) is 0.602. The summed E-state index contributed by atoms with van der Waals surface area (Å²) >= 11 is 0. The predicted octanol–water partition coefficient (Wildman–Crippen LogP) is 5.32. The fraction of sp³-hybridized carbons (Fsp3) is 0.217. The lowest BCUT2D eigenvalue weighted by atomic mass is 9.97. The van der Waals surface area contributed by atoms with Crippen molar-refractivity contribution < 1.29 is 5.11 Å². The van der Waals surface area contributed by atoms with Crippen LogP contribution in [0.3, 0.4) is 0 Å². The van der Waals surface area contributed by atoms with Crippen molar-refractivity contribution in [3.63, 3.8) is 0 Å². The van der Waals surface area contributed by atoms with Crippen molar-refractivity contribution in [1.29, 1.82) is 5.41 Å². The van der Waals surface area contributed by atoms with Crippen LogP contribution in [0.5, 0.6) is 0 Å². The lowest BCUT2D eigenvalue weighted by Gasteiger charge is -2.17. The third kappa shape index (κ3) is 5.68. The van der Waals surface area contributed by atoms with Crippen molar-refractivity contribution in [2.45, 2.75) is 31.7 Å². The summed E-state index contributed by atoms with van der Waals surface area (Å²) in [6, 6.07) is 9.96. The maximum Gasteiger partial charge on any atom is 0.118 e. The summed E-state index contributed by atoms with van der Waals surface area (Å²) in [5.41, 5.74) is 2.45. The molecule has 27 heavy (non-hydrogen) atoms. The second kappa shape index (κ2) is 9.53. The summed E-state index contributed by atoms with van der Waals surface area (Å²) in [7, 11) is 0. The van der Waals surface area contributed by atoms with E-state index in [1.54, 1.807) is 6.08 Å². The molecule has 1 aliphatic heterocycles. The third-order valence-electron chi connectivity index (χ3n) is 4.46. The number of aliphatic hydroxyl groups is 1. The molecule has 0 aromatic heterocycles. The maximum atomic E-state index is 10.1. The molecule has 3 N–H and O–H groups in total. The molecule has 0 radical (unpaired) electrons. The number of nitrogens with zero attached hydrogens (tertiary/aromatic N) is 1. The fourth-order valence-electron chi connectivity index (χ4n) is 3.07. The smallest absolute Gasteiger partial charge is 0.118 e. The van der Waals surface area contributed by atoms with E-state index in [1.165, 1.54) is 0 Å². The number of hydrogen-bond donors (Lipinski definition) is 3. The van der Waals surface area contributed by atoms with Crippen LogP contribution in [-0.2, 0) is 0 Å². The number of aliphatic hydroxyl groups excluding tert-OH is 1. The number of aliphatic imine (C=N–C) groups is 1. The molecule has 1 heterocycles. The fourth-order valence-corrected chi connectivity index (χ4v) is 3.07. The largest absolute Gasteiger partial charge is 0.508 e. The average Bonchev–Trinajstić information content (AvgIpc) is 3.05. The Hall–Kier alpha value is -3.14. The molecule has 1 aromatic rings. The van der Waals surface area contributed by atoms with E-state index in [4.69, 9.17) is 10.4 Å². The normalized spacial score (nSPS) is 18.9. The van der Waals surface area contributed by atoms with E-state index in [-0.39, 0.29) is 11.8 Å². The first-order valence-electron chi connectivity index (χ1n) is 9.23. The van der Waals surface area contributed by atoms with Crippen molar-refractivity contribution in [3.05, 3.63) is 96.0 Å². The van der Waals surface area contributed by atoms with Crippen molar-refractivity contribution in [3.8, 4) is 0 Å². The number of rotatable bonds is 6. The van der Waals surface area contributed by atoms with E-state index in [0.717, 1.165) is 29.8 Å². The third-order valence-corrected chi connectivity index (χ3v) is 4.46. The highest BCUT2D eigenvalue weighted by atomic mass is 16.3. The van der Waals surface area contributed by atoms with Gasteiger partial charge in [0.25, 0.3) is 0 Å². The Balaban J connectivity index is 1.76. The number of nitrogens with one attached hydrogen (secondary N) is 2. The first kappa shape index (κ1) is 18.6. The van der Waals surface area contributed by atoms with Crippen LogP contribution in [-0.4, -0.2) is 16.7 Å². The number of allylic oxidation sites excluding steroid dienone is 7. The lowest BCUT2D eigenvalue weighted by Crippen LogP contribution is -2.18. The molecule has 1 aromatic carbocycles. The highest BCUT2D eigenvalue weighted by Crippen LogP contribution is 2.25. The van der Waals surface area contributed by atoms with Gasteiger partial charge >= 0.3 is 0 Å². The molecule has 0 spiro atoms. The van der Waals surface area contributed by atoms with Crippen LogP contribution in [0.15, 0.2) is 95.4 Å². The Labute approximate surface area is 160 Å². The minimum atomic E-state index is -0.128. The first-order chi connectivity index (χ1) is 13.2. The summed E-state index contributed by atoms with van der Waals surface area (Å²) in [6.07, 6.45) is 17.9. The summed E-state index contributed by atoms with van der Waals surface area (Å²) in [5, 5.41) is 21.9. The standard InChI is InChI=1S/C23H25N3O/c24-20(16-19-12-6-2-7-13-22(19)27)17-21(18-10-4-1-5-11-18)26-23-14-8-3-9-15-25-23/h1-5,7-13,15,21,24,27H,6,14,16-17H2,(H,25,26). The topological polar surface area (TPSA) is 68.5 Å². The number of amidine groups is 1. The molecular formula is C23H25N3O. The van der Waals surface area contributed by atoms with Crippen LogP contribution in [0, 0.1) is 5.41 Å². The zero-order valence-electron chi connectivity index (χ0n) is 15.3. The van der Waals surface area contributed by atoms with Gasteiger partial charge in [-0.05, 0) is 29.7 Å². The molecule has 4 nitrogen and oxygen atoms in total. The Kier molecular flexibility index (Phi) is 6.58. The van der Waals surface area contributed by atoms with E-state index in [0.29, 0.717) is 18.6 Å². The molecule has 138 valence electrons. The number of benzene rings is 1. The molecule has 0 fully saturated rings. The van der Waals surface area contributed by atoms with Crippen LogP contribution in [0.2, 0.25) is 0 Å². The highest BCUT2D eigenvalue weighted by Gasteiger charge is 2.16. The molecular weight excluding hydrogens is 334 g/mol. The minimum absolute atomic E-state index is 0.128. The van der Waals surface area contributed by atoms with E-state index in [2.05, 4.69) is 23.5 Å². The van der Waals surface area contributed by atoms with Gasteiger partial charge in [-0.15, -0.1) is 0 Å². The van der Waals surface area contributed by atoms with Crippen LogP contribution < -0.4 is 5.32 Å². The molecule has 1 atom stereocenters. The molecule has 0 saturated carbocycles. The summed E-state index contributed by atoms with van der Waals surface area (Å²) < 4.78 is 0. The van der Waals surface area contributed by atoms with Crippen molar-refractivity contribution >= 4 is 11.5 Å². The van der Waals surface area contributed by atoms with Gasteiger partial charge in [-0.1, -0.05) is 60.7 Å². The minimum Gasteiger partial charge on any atom is -0.508 e. The Morgan fingerprint density at radius 2 is 2.00 bits per heavy atom. The van der Waals surface area contributed by atoms with Gasteiger partial charge in [0.05, 0.1) is 6.04 Å². The molecule has 0 saturated heterocycles. The molecule has 2 aliphatic rings. The van der Waals surface area contributed by atoms with Crippen LogP contribution in [0.4, 0.5) is 0 Å². The van der Waals surface area contributed by atoms with Gasteiger partial charge in [-0.3, -0.25) is 4.99 Å². The SMILES string of the molecule is N=C(CC1=CCC=CC=C1O)CC(N=C1CC=CC=CN1)c1ccccc1.